The van der Waals surface area contributed by atoms with Gasteiger partial charge in [-0.2, -0.15) is 0 Å². The Bertz CT molecular complexity index is 5610. The number of nitrogens with one attached hydrogen (secondary N) is 2. The number of amides is 4. The lowest BCUT2D eigenvalue weighted by atomic mass is 9.94. The van der Waals surface area contributed by atoms with Gasteiger partial charge in [-0.05, 0) is 108 Å². The highest BCUT2D eigenvalue weighted by Gasteiger charge is 2.46. The second kappa shape index (κ2) is 37.5. The van der Waals surface area contributed by atoms with Crippen LogP contribution in [0.2, 0.25) is 0 Å². The summed E-state index contributed by atoms with van der Waals surface area (Å²) < 4.78 is 123. The molecule has 0 aliphatic carbocycles. The summed E-state index contributed by atoms with van der Waals surface area (Å²) >= 11 is 0. The Morgan fingerprint density at radius 1 is 0.608 bits per heavy atom. The first-order chi connectivity index (χ1) is 57.9. The zero-order chi connectivity index (χ0) is 84.4. The maximum absolute atomic E-state index is 14.6. The van der Waals surface area contributed by atoms with E-state index >= 15 is 0 Å². The lowest BCUT2D eigenvalue weighted by Gasteiger charge is -2.39. The predicted octanol–water partition coefficient (Wildman–Crippen LogP) is 5.40. The van der Waals surface area contributed by atoms with Crippen LogP contribution < -0.4 is 42.7 Å². The highest BCUT2D eigenvalue weighted by atomic mass is 32.3. The molecule has 9 aromatic rings. The highest BCUT2D eigenvalue weighted by molar-refractivity contribution is 7.91. The third-order valence-electron chi connectivity index (χ3n) is 20.5. The van der Waals surface area contributed by atoms with Gasteiger partial charge >= 0.3 is 10.4 Å². The number of carbonyl (C=O) groups is 5. The first-order valence-electron chi connectivity index (χ1n) is 38.3. The van der Waals surface area contributed by atoms with E-state index in [1.807, 2.05) is 42.8 Å². The van der Waals surface area contributed by atoms with Crippen LogP contribution >= 0.6 is 0 Å². The van der Waals surface area contributed by atoms with E-state index in [1.165, 1.54) is 67.4 Å². The number of nitrogens with zero attached hydrogens (tertiary/aromatic N) is 9. The van der Waals surface area contributed by atoms with E-state index in [4.69, 9.17) is 61.0 Å². The molecule has 7 atom stereocenters. The molecule has 35 nitrogen and oxygen atoms in total. The smallest absolute Gasteiger partial charge is 0.493 e. The van der Waals surface area contributed by atoms with Gasteiger partial charge in [-0.3, -0.25) is 34.0 Å². The number of aliphatic imine (C=N–C) groups is 2. The number of aryl methyl sites for hydroxylation is 2. The summed E-state index contributed by atoms with van der Waals surface area (Å²) in [6, 6.07) is 33.5. The Morgan fingerprint density at radius 2 is 1.23 bits per heavy atom. The Hall–Kier alpha value is -12.0. The largest absolute Gasteiger partial charge is 0.501 e. The van der Waals surface area contributed by atoms with Crippen molar-refractivity contribution in [1.29, 1.82) is 0 Å². The molecule has 4 amide bonds. The lowest BCUT2D eigenvalue weighted by molar-refractivity contribution is -0.277. The van der Waals surface area contributed by atoms with Gasteiger partial charge in [-0.25, -0.2) is 18.1 Å². The number of carbonyl (C=O) groups excluding carboxylic acids is 5. The topological polar surface area (TPSA) is 440 Å². The van der Waals surface area contributed by atoms with Gasteiger partial charge in [0.1, 0.15) is 49.1 Å². The van der Waals surface area contributed by atoms with Gasteiger partial charge in [0.25, 0.3) is 23.6 Å². The number of rotatable bonds is 36. The molecule has 2 aromatic heterocycles. The number of aliphatic hydroxyl groups excluding tert-OH is 4. The second-order valence-corrected chi connectivity index (χ2v) is 32.0. The highest BCUT2D eigenvalue weighted by Crippen LogP contribution is 2.42. The van der Waals surface area contributed by atoms with E-state index in [0.717, 1.165) is 40.2 Å². The van der Waals surface area contributed by atoms with E-state index < -0.39 is 86.6 Å². The summed E-state index contributed by atoms with van der Waals surface area (Å²) in [6.45, 7) is 2.19. The normalized spacial score (nSPS) is 18.5. The number of hydrogen-bond donors (Lipinski definition) is 6. The van der Waals surface area contributed by atoms with Crippen LogP contribution in [0.3, 0.4) is 0 Å². The number of hydrogen-bond acceptors (Lipinski definition) is 29. The minimum absolute atomic E-state index is 0.00351. The van der Waals surface area contributed by atoms with Crippen molar-refractivity contribution in [2.75, 3.05) is 72.7 Å². The summed E-state index contributed by atoms with van der Waals surface area (Å²) in [6.07, 6.45) is -1.38. The minimum atomic E-state index is -5.34. The van der Waals surface area contributed by atoms with Gasteiger partial charge in [0, 0.05) is 86.5 Å². The van der Waals surface area contributed by atoms with Crippen LogP contribution in [0.1, 0.15) is 103 Å². The summed E-state index contributed by atoms with van der Waals surface area (Å²) in [5.74, 6) is -3.38. The number of Topliss-reactive ketones (excluding diaryl/α,β-unsaturated/α-hetero) is 1. The zero-order valence-corrected chi connectivity index (χ0v) is 67.2. The number of ether oxygens (including phenoxy) is 9. The van der Waals surface area contributed by atoms with Crippen LogP contribution in [-0.4, -0.2) is 229 Å². The monoisotopic (exact) mass is 1690 g/mol. The minimum Gasteiger partial charge on any atom is -0.493 e. The molecular weight excluding hydrogens is 1600 g/mol. The van der Waals surface area contributed by atoms with Crippen LogP contribution in [-0.2, 0) is 98.5 Å². The molecule has 14 rings (SSSR count). The molecule has 7 aromatic carbocycles. The van der Waals surface area contributed by atoms with Gasteiger partial charge in [0.2, 0.25) is 6.29 Å². The number of imidazole rings is 1. The van der Waals surface area contributed by atoms with E-state index in [-0.39, 0.29) is 188 Å². The number of methoxy groups -OCH3 is 2. The Morgan fingerprint density at radius 3 is 1.90 bits per heavy atom. The number of aromatic nitrogens is 5. The number of ketones is 1. The molecule has 0 bridgehead atoms. The molecule has 5 aliphatic rings. The quantitative estimate of drug-likeness (QED) is 0.0211. The molecular formula is C83H87N11O24S2. The third kappa shape index (κ3) is 19.9. The maximum atomic E-state index is 14.6. The van der Waals surface area contributed by atoms with E-state index in [2.05, 4.69) is 25.9 Å². The number of benzene rings is 7. The van der Waals surface area contributed by atoms with Crippen LogP contribution in [0.5, 0.6) is 40.2 Å². The van der Waals surface area contributed by atoms with Crippen LogP contribution in [0, 0.1) is 6.92 Å². The summed E-state index contributed by atoms with van der Waals surface area (Å²) in [5.41, 5.74) is 7.31. The molecule has 120 heavy (non-hydrogen) atoms. The Kier molecular flexibility index (Phi) is 26.4. The van der Waals surface area contributed by atoms with Gasteiger partial charge < -0.3 is 96.4 Å². The zero-order valence-electron chi connectivity index (χ0n) is 65.6. The number of sulfone groups is 1. The summed E-state index contributed by atoms with van der Waals surface area (Å²) in [5, 5.41) is 56.0. The van der Waals surface area contributed by atoms with Crippen molar-refractivity contribution in [3.05, 3.63) is 219 Å². The Balaban J connectivity index is 0.605. The van der Waals surface area contributed by atoms with Crippen LogP contribution in [0.25, 0.3) is 0 Å². The predicted molar refractivity (Wildman–Crippen MR) is 427 cm³/mol. The fraction of sp³-hybridized carbons (Fsp3) is 0.349. The molecule has 0 saturated carbocycles. The van der Waals surface area contributed by atoms with Crippen molar-refractivity contribution in [3.63, 3.8) is 0 Å². The molecule has 1 fully saturated rings. The lowest BCUT2D eigenvalue weighted by Crippen LogP contribution is -2.60. The van der Waals surface area contributed by atoms with Crippen molar-refractivity contribution in [1.82, 2.24) is 45.0 Å². The molecule has 37 heteroatoms. The average Bonchev–Trinajstić information content (AvgIpc) is 1.60. The molecule has 0 spiro atoms. The first-order valence-corrected chi connectivity index (χ1v) is 41.3. The van der Waals surface area contributed by atoms with Gasteiger partial charge in [0.05, 0.1) is 137 Å². The van der Waals surface area contributed by atoms with Crippen LogP contribution in [0.4, 0.5) is 11.4 Å². The molecule has 1 saturated heterocycles. The molecule has 630 valence electrons. The van der Waals surface area contributed by atoms with Crippen LogP contribution in [0.15, 0.2) is 161 Å². The second-order valence-electron chi connectivity index (χ2n) is 28.8. The number of fused-ring (bicyclic) bond motifs is 6. The fourth-order valence-electron chi connectivity index (χ4n) is 14.1. The standard InChI is InChI=1S/C83H87N11O24S2/c1-49-12-15-61(16-13-49)119(104,105)27-18-68(96)53-10-7-11-54(31-53)79(100)84-20-23-111-25-26-112-47-57-42-92(90-89-57)21-24-110-22-19-85-80(101)55-14-17-69(115-83-78(99)77(98)76(97)75(44-95)116-83)74(33-55)118-120(106,107)117-60-29-50(45-113-72-37-64-62(35-70(72)108-3)81(102)93-41-56-9-6-5-8-52(56)32-58(93)39-86-64)28-51(30-60)46-114-73-38-65-63(36-71(73)109-4)82(103)94-43-66-67(91(2)48-88-66)34-59(94)40-87-65/h5-17,28-31,33,35-40,42,48,58-59,75-78,83,95,97-99H,18-27,32,34,41,43-47H2,1-4H3,(H,84,100)(H,85,101)/t58-,59-,75+,76-,77-,78+,83?/m0/s1. The van der Waals surface area contributed by atoms with Gasteiger partial charge in [0.15, 0.2) is 50.1 Å². The van der Waals surface area contributed by atoms with Gasteiger partial charge in [-0.1, -0.05) is 59.3 Å². The summed E-state index contributed by atoms with van der Waals surface area (Å²) in [4.78, 5) is 85.9. The van der Waals surface area contributed by atoms with E-state index in [1.54, 1.807) is 83.3 Å². The van der Waals surface area contributed by atoms with E-state index in [0.29, 0.717) is 36.5 Å². The van der Waals surface area contributed by atoms with Crippen molar-refractivity contribution >= 4 is 73.5 Å². The SMILES string of the molecule is COc1cc2c(cc1OCc1cc(COc3cc4c(cc3OC)C(=O)N3Cc5ncn(C)c5C[C@H]3C=N4)cc(OS(=O)(=O)Oc3cc(C(=O)NCCOCCn4cc(COCCOCCNC(=O)c5cccc(C(=O)CCS(=O)(=O)c6ccc(C)cc6)c5)nn4)ccc3OC3O[C@H](CO)[C@H](O)[C@H](O)[C@H]3O)c1)N=C[C@@H]1Cc3ccccc3CN1C2=O. The Labute approximate surface area is 689 Å². The molecule has 6 N–H and O–H groups in total. The van der Waals surface area contributed by atoms with E-state index in [9.17, 15) is 61.2 Å². The average molecular weight is 1690 g/mol. The first kappa shape index (κ1) is 84.4. The fourth-order valence-corrected chi connectivity index (χ4v) is 16.1. The molecule has 0 radical (unpaired) electrons. The maximum Gasteiger partial charge on any atom is 0.501 e. The van der Waals surface area contributed by atoms with Crippen molar-refractivity contribution in [2.45, 2.75) is 113 Å². The third-order valence-corrected chi connectivity index (χ3v) is 23.1. The van der Waals surface area contributed by atoms with Crippen molar-refractivity contribution in [3.8, 4) is 40.2 Å². The van der Waals surface area contributed by atoms with Crippen molar-refractivity contribution in [2.24, 2.45) is 17.0 Å². The summed E-state index contributed by atoms with van der Waals surface area (Å²) in [7, 11) is -4.31. The van der Waals surface area contributed by atoms with Crippen molar-refractivity contribution < 1.29 is 112 Å². The molecule has 1 unspecified atom stereocenters. The molecule has 7 heterocycles. The number of aliphatic hydroxyl groups is 4. The molecule has 5 aliphatic heterocycles. The van der Waals surface area contributed by atoms with Gasteiger partial charge in [-0.15, -0.1) is 13.5 Å².